The number of pyridine rings is 1. The first-order valence-electron chi connectivity index (χ1n) is 4.72. The van der Waals surface area contributed by atoms with Gasteiger partial charge in [-0.2, -0.15) is 0 Å². The van der Waals surface area contributed by atoms with E-state index >= 15 is 0 Å². The van der Waals surface area contributed by atoms with Crippen LogP contribution in [-0.2, 0) is 13.7 Å². The van der Waals surface area contributed by atoms with Crippen molar-refractivity contribution in [2.24, 2.45) is 7.05 Å². The van der Waals surface area contributed by atoms with E-state index in [0.29, 0.717) is 0 Å². The highest BCUT2D eigenvalue weighted by Crippen LogP contribution is 2.32. The summed E-state index contributed by atoms with van der Waals surface area (Å²) in [5.41, 5.74) is 0.778. The summed E-state index contributed by atoms with van der Waals surface area (Å²) in [6.07, 6.45) is 3.40. The van der Waals surface area contributed by atoms with Gasteiger partial charge in [0.25, 0.3) is 0 Å². The maximum Gasteiger partial charge on any atom is 0.174 e. The molecule has 0 aliphatic carbocycles. The molecule has 0 aromatic carbocycles. The van der Waals surface area contributed by atoms with Crippen LogP contribution in [0.15, 0.2) is 37.6 Å². The molecule has 2 aromatic rings. The summed E-state index contributed by atoms with van der Waals surface area (Å²) in [6, 6.07) is 1.94. The molecule has 0 spiro atoms. The van der Waals surface area contributed by atoms with Crippen molar-refractivity contribution in [1.82, 2.24) is 14.5 Å². The van der Waals surface area contributed by atoms with Gasteiger partial charge in [0.2, 0.25) is 0 Å². The van der Waals surface area contributed by atoms with E-state index in [2.05, 4.69) is 41.8 Å². The molecule has 2 rings (SSSR count). The Morgan fingerprint density at radius 3 is 2.71 bits per heavy atom. The van der Waals surface area contributed by atoms with E-state index < -0.39 is 0 Å². The predicted octanol–water partition coefficient (Wildman–Crippen LogP) is 2.98. The third kappa shape index (κ3) is 2.90. The second-order valence-corrected chi connectivity index (χ2v) is 6.02. The zero-order valence-corrected chi connectivity index (χ0v) is 12.9. The zero-order valence-electron chi connectivity index (χ0n) is 8.89. The van der Waals surface area contributed by atoms with Crippen molar-refractivity contribution in [2.45, 2.75) is 16.8 Å². The highest BCUT2D eigenvalue weighted by molar-refractivity contribution is 9.11. The van der Waals surface area contributed by atoms with Crippen molar-refractivity contribution in [3.8, 4) is 0 Å². The van der Waals surface area contributed by atoms with E-state index in [9.17, 15) is 0 Å². The lowest BCUT2D eigenvalue weighted by Gasteiger charge is -2.05. The van der Waals surface area contributed by atoms with Gasteiger partial charge in [0.05, 0.1) is 23.0 Å². The van der Waals surface area contributed by atoms with Crippen molar-refractivity contribution < 1.29 is 5.11 Å². The Balaban J connectivity index is 2.28. The van der Waals surface area contributed by atoms with E-state index in [1.165, 1.54) is 11.8 Å². The van der Waals surface area contributed by atoms with Gasteiger partial charge >= 0.3 is 0 Å². The summed E-state index contributed by atoms with van der Waals surface area (Å²) in [5, 5.41) is 10.7. The first kappa shape index (κ1) is 13.1. The molecular weight excluding hydrogens is 370 g/mol. The van der Waals surface area contributed by atoms with Crippen LogP contribution in [0.3, 0.4) is 0 Å². The van der Waals surface area contributed by atoms with Crippen LogP contribution in [-0.4, -0.2) is 19.6 Å². The number of hydrogen-bond donors (Lipinski definition) is 1. The Hall–Kier alpha value is -0.370. The number of aromatic nitrogens is 3. The van der Waals surface area contributed by atoms with E-state index in [0.717, 1.165) is 24.8 Å². The first-order valence-corrected chi connectivity index (χ1v) is 7.12. The third-order valence-corrected chi connectivity index (χ3v) is 4.55. The molecule has 0 atom stereocenters. The minimum absolute atomic E-state index is 0.0149. The van der Waals surface area contributed by atoms with Crippen LogP contribution in [0.5, 0.6) is 0 Å². The Kier molecular flexibility index (Phi) is 4.24. The zero-order chi connectivity index (χ0) is 12.4. The average Bonchev–Trinajstić information content (AvgIpc) is 2.64. The van der Waals surface area contributed by atoms with Crippen LogP contribution in [0.4, 0.5) is 0 Å². The molecule has 0 fully saturated rings. The standard InChI is InChI=1S/C10H9Br2N3OS/c1-15-7(5-16)4-14-10(15)17-9-8(12)2-6(11)3-13-9/h2-4,16H,5H2,1H3. The lowest BCUT2D eigenvalue weighted by molar-refractivity contribution is 0.271. The first-order chi connectivity index (χ1) is 8.11. The number of halogens is 2. The highest BCUT2D eigenvalue weighted by atomic mass is 79.9. The van der Waals surface area contributed by atoms with Crippen LogP contribution in [0.25, 0.3) is 0 Å². The molecule has 1 N–H and O–H groups in total. The van der Waals surface area contributed by atoms with Gasteiger partial charge in [0.15, 0.2) is 5.16 Å². The highest BCUT2D eigenvalue weighted by Gasteiger charge is 2.10. The molecule has 0 aliphatic heterocycles. The maximum absolute atomic E-state index is 9.09. The van der Waals surface area contributed by atoms with Crippen molar-refractivity contribution in [3.63, 3.8) is 0 Å². The molecule has 17 heavy (non-hydrogen) atoms. The van der Waals surface area contributed by atoms with Gasteiger partial charge in [0, 0.05) is 17.7 Å². The number of aliphatic hydroxyl groups excluding tert-OH is 1. The molecule has 0 saturated carbocycles. The second kappa shape index (κ2) is 5.51. The van der Waals surface area contributed by atoms with Crippen LogP contribution in [0, 0.1) is 0 Å². The molecule has 0 unspecified atom stereocenters. The van der Waals surface area contributed by atoms with E-state index in [1.54, 1.807) is 12.4 Å². The fourth-order valence-corrected chi connectivity index (χ4v) is 3.26. The average molecular weight is 379 g/mol. The molecule has 0 saturated heterocycles. The Morgan fingerprint density at radius 1 is 1.35 bits per heavy atom. The SMILES string of the molecule is Cn1c(CO)cnc1Sc1ncc(Br)cc1Br. The molecule has 90 valence electrons. The summed E-state index contributed by atoms with van der Waals surface area (Å²) in [5.74, 6) is 0. The molecule has 4 nitrogen and oxygen atoms in total. The third-order valence-electron chi connectivity index (χ3n) is 2.17. The van der Waals surface area contributed by atoms with Gasteiger partial charge in [-0.3, -0.25) is 0 Å². The smallest absolute Gasteiger partial charge is 0.174 e. The summed E-state index contributed by atoms with van der Waals surface area (Å²) in [4.78, 5) is 8.54. The molecule has 0 aliphatic rings. The normalized spacial score (nSPS) is 10.8. The summed E-state index contributed by atoms with van der Waals surface area (Å²) in [7, 11) is 1.87. The molecule has 0 radical (unpaired) electrons. The quantitative estimate of drug-likeness (QED) is 0.891. The van der Waals surface area contributed by atoms with Gasteiger partial charge in [0.1, 0.15) is 5.03 Å². The minimum Gasteiger partial charge on any atom is -0.390 e. The molecular formula is C10H9Br2N3OS. The monoisotopic (exact) mass is 377 g/mol. The van der Waals surface area contributed by atoms with Crippen LogP contribution in [0.1, 0.15) is 5.69 Å². The van der Waals surface area contributed by atoms with Gasteiger partial charge in [-0.1, -0.05) is 0 Å². The number of hydrogen-bond acceptors (Lipinski definition) is 4. The van der Waals surface area contributed by atoms with Crippen molar-refractivity contribution >= 4 is 43.6 Å². The second-order valence-electron chi connectivity index (χ2n) is 3.29. The van der Waals surface area contributed by atoms with Gasteiger partial charge in [-0.25, -0.2) is 9.97 Å². The van der Waals surface area contributed by atoms with E-state index in [1.807, 2.05) is 17.7 Å². The molecule has 7 heteroatoms. The Bertz CT molecular complexity index is 544. The van der Waals surface area contributed by atoms with Gasteiger partial charge in [-0.15, -0.1) is 0 Å². The van der Waals surface area contributed by atoms with Crippen LogP contribution < -0.4 is 0 Å². The lowest BCUT2D eigenvalue weighted by atomic mass is 10.5. The Morgan fingerprint density at radius 2 is 2.12 bits per heavy atom. The number of imidazole rings is 1. The van der Waals surface area contributed by atoms with Crippen molar-refractivity contribution in [2.75, 3.05) is 0 Å². The Labute approximate surface area is 120 Å². The summed E-state index contributed by atoms with van der Waals surface area (Å²) < 4.78 is 3.68. The fourth-order valence-electron chi connectivity index (χ4n) is 1.23. The predicted molar refractivity (Wildman–Crippen MR) is 72.9 cm³/mol. The molecule has 0 bridgehead atoms. The van der Waals surface area contributed by atoms with Crippen LogP contribution >= 0.6 is 43.6 Å². The summed E-state index contributed by atoms with van der Waals surface area (Å²) in [6.45, 7) is -0.0149. The van der Waals surface area contributed by atoms with E-state index in [-0.39, 0.29) is 6.61 Å². The van der Waals surface area contributed by atoms with Gasteiger partial charge in [-0.05, 0) is 49.7 Å². The lowest BCUT2D eigenvalue weighted by Crippen LogP contribution is -1.97. The van der Waals surface area contributed by atoms with Gasteiger partial charge < -0.3 is 9.67 Å². The topological polar surface area (TPSA) is 50.9 Å². The number of aliphatic hydroxyl groups is 1. The van der Waals surface area contributed by atoms with Crippen LogP contribution in [0.2, 0.25) is 0 Å². The summed E-state index contributed by atoms with van der Waals surface area (Å²) >= 11 is 8.26. The number of rotatable bonds is 3. The molecule has 2 aromatic heterocycles. The number of nitrogens with zero attached hydrogens (tertiary/aromatic N) is 3. The van der Waals surface area contributed by atoms with E-state index in [4.69, 9.17) is 5.11 Å². The largest absolute Gasteiger partial charge is 0.390 e. The minimum atomic E-state index is -0.0149. The van der Waals surface area contributed by atoms with Crippen molar-refractivity contribution in [1.29, 1.82) is 0 Å². The van der Waals surface area contributed by atoms with Crippen molar-refractivity contribution in [3.05, 3.63) is 33.1 Å². The molecule has 2 heterocycles. The maximum atomic E-state index is 9.09. The molecule has 0 amide bonds. The fraction of sp³-hybridized carbons (Fsp3) is 0.200.